The van der Waals surface area contributed by atoms with Gasteiger partial charge >= 0.3 is 0 Å². The van der Waals surface area contributed by atoms with E-state index in [0.29, 0.717) is 6.61 Å². The molecular formula is C13H21NO2. The Morgan fingerprint density at radius 2 is 1.88 bits per heavy atom. The number of methoxy groups -OCH3 is 1. The summed E-state index contributed by atoms with van der Waals surface area (Å²) in [6, 6.07) is 8.51. The van der Waals surface area contributed by atoms with Gasteiger partial charge in [-0.3, -0.25) is 0 Å². The predicted octanol–water partition coefficient (Wildman–Crippen LogP) is 1.69. The summed E-state index contributed by atoms with van der Waals surface area (Å²) >= 11 is 0. The largest absolute Gasteiger partial charge is 0.395 e. The molecule has 0 heterocycles. The maximum atomic E-state index is 9.04. The topological polar surface area (TPSA) is 41.5 Å². The second-order valence-corrected chi connectivity index (χ2v) is 3.92. The third-order valence-electron chi connectivity index (χ3n) is 2.64. The van der Waals surface area contributed by atoms with Crippen LogP contribution in [0.1, 0.15) is 24.5 Å². The molecule has 0 aliphatic carbocycles. The zero-order chi connectivity index (χ0) is 11.8. The lowest BCUT2D eigenvalue weighted by Gasteiger charge is -2.13. The van der Waals surface area contributed by atoms with Gasteiger partial charge in [0, 0.05) is 19.7 Å². The first-order valence-electron chi connectivity index (χ1n) is 5.71. The third kappa shape index (κ3) is 4.31. The van der Waals surface area contributed by atoms with Crippen molar-refractivity contribution in [2.75, 3.05) is 13.7 Å². The van der Waals surface area contributed by atoms with E-state index in [1.165, 1.54) is 11.1 Å². The van der Waals surface area contributed by atoms with Gasteiger partial charge in [0.2, 0.25) is 0 Å². The number of aliphatic hydroxyl groups is 1. The first-order chi connectivity index (χ1) is 7.80. The number of hydrogen-bond acceptors (Lipinski definition) is 3. The van der Waals surface area contributed by atoms with E-state index in [0.717, 1.165) is 13.0 Å². The Hall–Kier alpha value is -0.900. The fraction of sp³-hybridized carbons (Fsp3) is 0.538. The molecule has 1 rings (SSSR count). The number of ether oxygens (including phenoxy) is 1. The molecule has 3 heteroatoms. The van der Waals surface area contributed by atoms with Crippen LogP contribution in [0.2, 0.25) is 0 Å². The van der Waals surface area contributed by atoms with E-state index in [2.05, 4.69) is 36.5 Å². The molecule has 0 aliphatic heterocycles. The molecule has 0 aliphatic rings. The Morgan fingerprint density at radius 3 is 2.38 bits per heavy atom. The summed E-state index contributed by atoms with van der Waals surface area (Å²) < 4.78 is 5.05. The highest BCUT2D eigenvalue weighted by Crippen LogP contribution is 2.05. The second kappa shape index (κ2) is 7.39. The van der Waals surface area contributed by atoms with Crippen molar-refractivity contribution in [2.45, 2.75) is 32.5 Å². The smallest absolute Gasteiger partial charge is 0.0713 e. The Bertz CT molecular complexity index is 280. The number of benzene rings is 1. The summed E-state index contributed by atoms with van der Waals surface area (Å²) in [5, 5.41) is 12.3. The molecule has 0 aromatic heterocycles. The summed E-state index contributed by atoms with van der Waals surface area (Å²) in [5.74, 6) is 0. The van der Waals surface area contributed by atoms with E-state index in [1.807, 2.05) is 0 Å². The standard InChI is InChI=1S/C13H21NO2/c1-3-13(9-15)14-8-11-4-6-12(7-5-11)10-16-2/h4-7,13-15H,3,8-10H2,1-2H3/t13-/m0/s1. The van der Waals surface area contributed by atoms with Crippen LogP contribution in [0.25, 0.3) is 0 Å². The fourth-order valence-corrected chi connectivity index (χ4v) is 1.52. The van der Waals surface area contributed by atoms with Crippen LogP contribution in [0, 0.1) is 0 Å². The van der Waals surface area contributed by atoms with E-state index in [-0.39, 0.29) is 12.6 Å². The van der Waals surface area contributed by atoms with Crippen LogP contribution in [-0.2, 0) is 17.9 Å². The summed E-state index contributed by atoms with van der Waals surface area (Å²) in [6.07, 6.45) is 0.943. The van der Waals surface area contributed by atoms with Gasteiger partial charge in [-0.25, -0.2) is 0 Å². The zero-order valence-electron chi connectivity index (χ0n) is 10.1. The zero-order valence-corrected chi connectivity index (χ0v) is 10.1. The lowest BCUT2D eigenvalue weighted by atomic mass is 10.1. The maximum absolute atomic E-state index is 9.04. The minimum atomic E-state index is 0.193. The summed E-state index contributed by atoms with van der Waals surface area (Å²) in [5.41, 5.74) is 2.41. The molecule has 3 nitrogen and oxygen atoms in total. The van der Waals surface area contributed by atoms with Gasteiger partial charge in [0.1, 0.15) is 0 Å². The van der Waals surface area contributed by atoms with Crippen LogP contribution in [-0.4, -0.2) is 24.9 Å². The van der Waals surface area contributed by atoms with Crippen molar-refractivity contribution in [3.8, 4) is 0 Å². The van der Waals surface area contributed by atoms with E-state index < -0.39 is 0 Å². The molecule has 16 heavy (non-hydrogen) atoms. The first kappa shape index (κ1) is 13.2. The Morgan fingerprint density at radius 1 is 1.25 bits per heavy atom. The van der Waals surface area contributed by atoms with Gasteiger partial charge < -0.3 is 15.2 Å². The molecule has 0 fully saturated rings. The van der Waals surface area contributed by atoms with Crippen molar-refractivity contribution in [3.63, 3.8) is 0 Å². The van der Waals surface area contributed by atoms with Gasteiger partial charge in [-0.1, -0.05) is 31.2 Å². The van der Waals surface area contributed by atoms with Gasteiger partial charge in [-0.2, -0.15) is 0 Å². The molecule has 0 unspecified atom stereocenters. The van der Waals surface area contributed by atoms with Gasteiger partial charge in [-0.05, 0) is 17.5 Å². The molecule has 0 saturated heterocycles. The van der Waals surface area contributed by atoms with Gasteiger partial charge in [0.05, 0.1) is 13.2 Å². The van der Waals surface area contributed by atoms with Gasteiger partial charge in [-0.15, -0.1) is 0 Å². The monoisotopic (exact) mass is 223 g/mol. The van der Waals surface area contributed by atoms with Crippen molar-refractivity contribution >= 4 is 0 Å². The molecule has 2 N–H and O–H groups in total. The first-order valence-corrected chi connectivity index (χ1v) is 5.71. The molecule has 1 atom stereocenters. The van der Waals surface area contributed by atoms with Crippen LogP contribution in [0.15, 0.2) is 24.3 Å². The SMILES string of the molecule is CC[C@@H](CO)NCc1ccc(COC)cc1. The maximum Gasteiger partial charge on any atom is 0.0713 e. The van der Waals surface area contributed by atoms with Crippen LogP contribution in [0.5, 0.6) is 0 Å². The van der Waals surface area contributed by atoms with Crippen molar-refractivity contribution in [3.05, 3.63) is 35.4 Å². The van der Waals surface area contributed by atoms with Gasteiger partial charge in [0.15, 0.2) is 0 Å². The number of aliphatic hydroxyl groups excluding tert-OH is 1. The molecule has 1 aromatic carbocycles. The highest BCUT2D eigenvalue weighted by Gasteiger charge is 2.02. The molecule has 0 saturated carbocycles. The third-order valence-corrected chi connectivity index (χ3v) is 2.64. The minimum Gasteiger partial charge on any atom is -0.395 e. The van der Waals surface area contributed by atoms with Crippen molar-refractivity contribution in [2.24, 2.45) is 0 Å². The van der Waals surface area contributed by atoms with Crippen LogP contribution >= 0.6 is 0 Å². The van der Waals surface area contributed by atoms with E-state index in [9.17, 15) is 0 Å². The van der Waals surface area contributed by atoms with E-state index >= 15 is 0 Å². The van der Waals surface area contributed by atoms with E-state index in [4.69, 9.17) is 9.84 Å². The Balaban J connectivity index is 2.42. The van der Waals surface area contributed by atoms with Crippen LogP contribution < -0.4 is 5.32 Å². The Kier molecular flexibility index (Phi) is 6.08. The average Bonchev–Trinajstić information content (AvgIpc) is 2.33. The van der Waals surface area contributed by atoms with Crippen molar-refractivity contribution in [1.82, 2.24) is 5.32 Å². The molecule has 1 aromatic rings. The van der Waals surface area contributed by atoms with Crippen molar-refractivity contribution < 1.29 is 9.84 Å². The molecule has 0 radical (unpaired) electrons. The molecular weight excluding hydrogens is 202 g/mol. The van der Waals surface area contributed by atoms with Crippen LogP contribution in [0.4, 0.5) is 0 Å². The normalized spacial score (nSPS) is 12.7. The fourth-order valence-electron chi connectivity index (χ4n) is 1.52. The van der Waals surface area contributed by atoms with Gasteiger partial charge in [0.25, 0.3) is 0 Å². The highest BCUT2D eigenvalue weighted by molar-refractivity contribution is 5.21. The van der Waals surface area contributed by atoms with Crippen molar-refractivity contribution in [1.29, 1.82) is 0 Å². The number of nitrogens with one attached hydrogen (secondary N) is 1. The predicted molar refractivity (Wildman–Crippen MR) is 65.2 cm³/mol. The summed E-state index contributed by atoms with van der Waals surface area (Å²) in [7, 11) is 1.70. The second-order valence-electron chi connectivity index (χ2n) is 3.92. The molecule has 0 amide bonds. The lowest BCUT2D eigenvalue weighted by Crippen LogP contribution is -2.31. The molecule has 0 bridgehead atoms. The molecule has 90 valence electrons. The summed E-state index contributed by atoms with van der Waals surface area (Å²) in [4.78, 5) is 0. The summed E-state index contributed by atoms with van der Waals surface area (Å²) in [6.45, 7) is 3.71. The molecule has 0 spiro atoms. The quantitative estimate of drug-likeness (QED) is 0.739. The van der Waals surface area contributed by atoms with Crippen LogP contribution in [0.3, 0.4) is 0 Å². The lowest BCUT2D eigenvalue weighted by molar-refractivity contribution is 0.185. The number of hydrogen-bond donors (Lipinski definition) is 2. The Labute approximate surface area is 97.4 Å². The van der Waals surface area contributed by atoms with E-state index in [1.54, 1.807) is 7.11 Å². The highest BCUT2D eigenvalue weighted by atomic mass is 16.5. The average molecular weight is 223 g/mol. The minimum absolute atomic E-state index is 0.193. The number of rotatable bonds is 7.